The Bertz CT molecular complexity index is 1200. The first kappa shape index (κ1) is 24.1. The van der Waals surface area contributed by atoms with Crippen LogP contribution in [0, 0.1) is 31.6 Å². The number of hydrogen-bond acceptors (Lipinski definition) is 5. The van der Waals surface area contributed by atoms with Gasteiger partial charge in [-0.05, 0) is 124 Å². The third-order valence-electron chi connectivity index (χ3n) is 9.33. The van der Waals surface area contributed by atoms with Crippen LogP contribution < -0.4 is 4.74 Å². The molecule has 0 N–H and O–H groups in total. The third kappa shape index (κ3) is 4.61. The van der Waals surface area contributed by atoms with Gasteiger partial charge >= 0.3 is 0 Å². The average molecular weight is 502 g/mol. The first-order chi connectivity index (χ1) is 17.4. The molecule has 190 valence electrons. The molecule has 4 nitrogen and oxygen atoms in total. The highest BCUT2D eigenvalue weighted by Crippen LogP contribution is 2.60. The van der Waals surface area contributed by atoms with E-state index in [1.165, 1.54) is 61.2 Å². The Morgan fingerprint density at radius 1 is 0.972 bits per heavy atom. The van der Waals surface area contributed by atoms with E-state index in [4.69, 9.17) is 9.72 Å². The van der Waals surface area contributed by atoms with Crippen molar-refractivity contribution < 1.29 is 4.74 Å². The molecule has 4 aliphatic carbocycles. The summed E-state index contributed by atoms with van der Waals surface area (Å²) in [4.78, 5) is 7.08. The van der Waals surface area contributed by atoms with Crippen LogP contribution in [0.3, 0.4) is 0 Å². The van der Waals surface area contributed by atoms with Gasteiger partial charge in [0.2, 0.25) is 0 Å². The zero-order valence-electron chi connectivity index (χ0n) is 22.2. The minimum absolute atomic E-state index is 0.435. The number of hydrogen-bond donors (Lipinski definition) is 0. The summed E-state index contributed by atoms with van der Waals surface area (Å²) in [7, 11) is 2.17. The fourth-order valence-corrected chi connectivity index (χ4v) is 8.16. The highest BCUT2D eigenvalue weighted by Gasteiger charge is 2.51. The van der Waals surface area contributed by atoms with Gasteiger partial charge in [0.1, 0.15) is 5.75 Å². The van der Waals surface area contributed by atoms with Crippen LogP contribution in [0.15, 0.2) is 36.4 Å². The number of nitrogens with zero attached hydrogens (tertiary/aromatic N) is 3. The molecule has 0 atom stereocenters. The van der Waals surface area contributed by atoms with E-state index >= 15 is 0 Å². The summed E-state index contributed by atoms with van der Waals surface area (Å²) in [5.41, 5.74) is 6.87. The van der Waals surface area contributed by atoms with Gasteiger partial charge in [-0.2, -0.15) is 9.36 Å². The van der Waals surface area contributed by atoms with Crippen LogP contribution in [-0.2, 0) is 11.8 Å². The van der Waals surface area contributed by atoms with Crippen LogP contribution in [0.4, 0.5) is 0 Å². The molecule has 4 bridgehead atoms. The van der Waals surface area contributed by atoms with Crippen molar-refractivity contribution in [1.82, 2.24) is 14.3 Å². The quantitative estimate of drug-likeness (QED) is 0.319. The number of likely N-dealkylation sites (N-methyl/N-ethyl adjacent to an activating group) is 1. The number of rotatable bonds is 8. The lowest BCUT2D eigenvalue weighted by Gasteiger charge is -2.57. The maximum absolute atomic E-state index is 6.22. The average Bonchev–Trinajstić information content (AvgIpc) is 3.33. The van der Waals surface area contributed by atoms with E-state index in [-0.39, 0.29) is 0 Å². The highest BCUT2D eigenvalue weighted by molar-refractivity contribution is 7.07. The van der Waals surface area contributed by atoms with Crippen molar-refractivity contribution in [3.63, 3.8) is 0 Å². The van der Waals surface area contributed by atoms with Crippen LogP contribution in [0.25, 0.3) is 11.4 Å². The van der Waals surface area contributed by atoms with Crippen LogP contribution >= 0.6 is 11.5 Å². The van der Waals surface area contributed by atoms with Crippen molar-refractivity contribution in [1.29, 1.82) is 0 Å². The number of aromatic nitrogens is 2. The van der Waals surface area contributed by atoms with Crippen molar-refractivity contribution in [2.45, 2.75) is 71.1 Å². The predicted octanol–water partition coefficient (Wildman–Crippen LogP) is 7.58. The molecule has 0 aliphatic heterocycles. The molecule has 0 unspecified atom stereocenters. The van der Waals surface area contributed by atoms with E-state index in [0.29, 0.717) is 10.6 Å². The Labute approximate surface area is 220 Å². The summed E-state index contributed by atoms with van der Waals surface area (Å²) in [5, 5.41) is 0.608. The van der Waals surface area contributed by atoms with E-state index in [0.717, 1.165) is 60.0 Å². The van der Waals surface area contributed by atoms with Crippen LogP contribution in [-0.4, -0.2) is 34.4 Å². The van der Waals surface area contributed by atoms with E-state index in [1.54, 1.807) is 5.56 Å². The molecular formula is C31H39N3OS. The van der Waals surface area contributed by atoms with E-state index in [2.05, 4.69) is 73.5 Å². The third-order valence-corrected chi connectivity index (χ3v) is 9.93. The number of aryl methyl sites for hydroxylation is 2. The zero-order valence-corrected chi connectivity index (χ0v) is 23.0. The summed E-state index contributed by atoms with van der Waals surface area (Å²) >= 11 is 1.34. The number of benzene rings is 2. The van der Waals surface area contributed by atoms with Gasteiger partial charge in [0.25, 0.3) is 5.19 Å². The number of ether oxygens (including phenoxy) is 1. The van der Waals surface area contributed by atoms with Crippen molar-refractivity contribution in [3.8, 4) is 22.3 Å². The Hall–Kier alpha value is -2.24. The van der Waals surface area contributed by atoms with Gasteiger partial charge in [0.15, 0.2) is 5.82 Å². The lowest BCUT2D eigenvalue weighted by molar-refractivity contribution is -0.00518. The summed E-state index contributed by atoms with van der Waals surface area (Å²) in [5.74, 6) is 4.54. The fraction of sp³-hybridized carbons (Fsp3) is 0.548. The normalized spacial score (nSPS) is 26.6. The Kier molecular flexibility index (Phi) is 6.41. The molecule has 36 heavy (non-hydrogen) atoms. The van der Waals surface area contributed by atoms with Crippen molar-refractivity contribution in [2.75, 3.05) is 20.1 Å². The minimum Gasteiger partial charge on any atom is -0.430 e. The van der Waals surface area contributed by atoms with Gasteiger partial charge in [0.05, 0.1) is 0 Å². The Balaban J connectivity index is 1.15. The molecule has 0 radical (unpaired) electrons. The molecule has 0 spiro atoms. The van der Waals surface area contributed by atoms with E-state index < -0.39 is 0 Å². The largest absolute Gasteiger partial charge is 0.430 e. The standard InChI is InChI=1S/C31H39N3OS/c1-5-34(4)11-10-26-12-21(3)28(13-20(26)2)35-30-32-29(33-36-30)25-6-8-27(9-7-25)31-17-22-14-23(18-31)16-24(15-22)19-31/h6-9,12-13,22-24H,5,10-11,14-19H2,1-4H3. The maximum Gasteiger partial charge on any atom is 0.299 e. The maximum atomic E-state index is 6.22. The summed E-state index contributed by atoms with van der Waals surface area (Å²) in [6.45, 7) is 8.63. The van der Waals surface area contributed by atoms with E-state index in [9.17, 15) is 0 Å². The van der Waals surface area contributed by atoms with Crippen LogP contribution in [0.5, 0.6) is 10.9 Å². The Morgan fingerprint density at radius 2 is 1.64 bits per heavy atom. The molecule has 2 aromatic carbocycles. The molecule has 1 heterocycles. The smallest absolute Gasteiger partial charge is 0.299 e. The van der Waals surface area contributed by atoms with Gasteiger partial charge in [-0.3, -0.25) is 0 Å². The van der Waals surface area contributed by atoms with Crippen molar-refractivity contribution in [2.24, 2.45) is 17.8 Å². The monoisotopic (exact) mass is 501 g/mol. The van der Waals surface area contributed by atoms with Gasteiger partial charge in [-0.1, -0.05) is 37.3 Å². The van der Waals surface area contributed by atoms with Crippen molar-refractivity contribution >= 4 is 11.5 Å². The lowest BCUT2D eigenvalue weighted by atomic mass is 9.48. The lowest BCUT2D eigenvalue weighted by Crippen LogP contribution is -2.48. The molecule has 3 aromatic rings. The fourth-order valence-electron chi connectivity index (χ4n) is 7.60. The van der Waals surface area contributed by atoms with Crippen molar-refractivity contribution in [3.05, 3.63) is 58.7 Å². The molecule has 5 heteroatoms. The second kappa shape index (κ2) is 9.57. The predicted molar refractivity (Wildman–Crippen MR) is 148 cm³/mol. The second-order valence-electron chi connectivity index (χ2n) is 12.0. The zero-order chi connectivity index (χ0) is 24.9. The first-order valence-electron chi connectivity index (χ1n) is 13.8. The van der Waals surface area contributed by atoms with Crippen LogP contribution in [0.1, 0.15) is 67.7 Å². The molecule has 4 fully saturated rings. The molecule has 4 aliphatic rings. The summed E-state index contributed by atoms with van der Waals surface area (Å²) < 4.78 is 10.8. The minimum atomic E-state index is 0.435. The Morgan fingerprint density at radius 3 is 2.28 bits per heavy atom. The molecule has 1 aromatic heterocycles. The van der Waals surface area contributed by atoms with Gasteiger partial charge in [-0.25, -0.2) is 0 Å². The van der Waals surface area contributed by atoms with Gasteiger partial charge in [-0.15, -0.1) is 0 Å². The first-order valence-corrected chi connectivity index (χ1v) is 14.6. The molecule has 4 saturated carbocycles. The highest BCUT2D eigenvalue weighted by atomic mass is 32.1. The summed E-state index contributed by atoms with van der Waals surface area (Å²) in [6, 6.07) is 13.6. The van der Waals surface area contributed by atoms with Crippen LogP contribution in [0.2, 0.25) is 0 Å². The molecular weight excluding hydrogens is 462 g/mol. The SMILES string of the molecule is CCN(C)CCc1cc(C)c(Oc2nc(-c3ccc(C45CC6CC(CC(C6)C4)C5)cc3)ns2)cc1C. The van der Waals surface area contributed by atoms with E-state index in [1.807, 2.05) is 0 Å². The molecule has 7 rings (SSSR count). The van der Waals surface area contributed by atoms with Gasteiger partial charge < -0.3 is 9.64 Å². The molecule has 0 saturated heterocycles. The van der Waals surface area contributed by atoms with Gasteiger partial charge in [0, 0.05) is 23.6 Å². The second-order valence-corrected chi connectivity index (χ2v) is 12.7. The summed E-state index contributed by atoms with van der Waals surface area (Å²) in [6.07, 6.45) is 9.72. The molecule has 0 amide bonds. The topological polar surface area (TPSA) is 38.2 Å².